The average Bonchev–Trinajstić information content (AvgIpc) is 2.98. The van der Waals surface area contributed by atoms with E-state index in [1.807, 2.05) is 24.3 Å². The number of aromatic amines is 1. The Labute approximate surface area is 139 Å². The van der Waals surface area contributed by atoms with Crippen molar-refractivity contribution < 1.29 is 14.6 Å². The lowest BCUT2D eigenvalue weighted by Crippen LogP contribution is -2.25. The molecule has 0 spiro atoms. The van der Waals surface area contributed by atoms with Crippen LogP contribution >= 0.6 is 0 Å². The van der Waals surface area contributed by atoms with Crippen molar-refractivity contribution >= 4 is 33.8 Å². The third kappa shape index (κ3) is 3.79. The van der Waals surface area contributed by atoms with Gasteiger partial charge in [0, 0.05) is 28.9 Å². The number of H-pyrrole nitrogens is 1. The molecule has 0 saturated carbocycles. The lowest BCUT2D eigenvalue weighted by Gasteiger charge is -2.02. The van der Waals surface area contributed by atoms with Crippen LogP contribution in [0.15, 0.2) is 42.6 Å². The molecule has 1 amide bonds. The quantitative estimate of drug-likeness (QED) is 0.457. The number of ether oxygens (including phenoxy) is 1. The van der Waals surface area contributed by atoms with Crippen LogP contribution in [0.3, 0.4) is 0 Å². The second-order valence-corrected chi connectivity index (χ2v) is 5.29. The number of carbonyl (C=O) groups is 1. The molecule has 0 aliphatic carbocycles. The molecular formula is C18H19N3O3. The molecule has 0 radical (unpaired) electrons. The Morgan fingerprint density at radius 2 is 2.12 bits per heavy atom. The van der Waals surface area contributed by atoms with Crippen LogP contribution < -0.4 is 5.32 Å². The van der Waals surface area contributed by atoms with Gasteiger partial charge in [-0.2, -0.15) is 0 Å². The van der Waals surface area contributed by atoms with Crippen molar-refractivity contribution in [2.45, 2.75) is 0 Å². The smallest absolute Gasteiger partial charge is 0.244 e. The molecular weight excluding hydrogens is 306 g/mol. The maximum Gasteiger partial charge on any atom is 0.244 e. The van der Waals surface area contributed by atoms with Crippen molar-refractivity contribution in [2.24, 2.45) is 0 Å². The average molecular weight is 325 g/mol. The van der Waals surface area contributed by atoms with Gasteiger partial charge in [0.2, 0.25) is 5.91 Å². The van der Waals surface area contributed by atoms with E-state index in [2.05, 4.69) is 21.4 Å². The first-order valence-corrected chi connectivity index (χ1v) is 7.79. The van der Waals surface area contributed by atoms with Crippen LogP contribution in [0.25, 0.3) is 27.9 Å². The molecule has 3 aromatic rings. The molecule has 6 heteroatoms. The van der Waals surface area contributed by atoms with Crippen LogP contribution in [-0.2, 0) is 9.53 Å². The highest BCUT2D eigenvalue weighted by molar-refractivity contribution is 6.07. The molecule has 124 valence electrons. The van der Waals surface area contributed by atoms with Crippen molar-refractivity contribution in [2.75, 3.05) is 26.4 Å². The van der Waals surface area contributed by atoms with E-state index in [0.29, 0.717) is 13.2 Å². The van der Waals surface area contributed by atoms with Gasteiger partial charge in [-0.15, -0.1) is 0 Å². The first kappa shape index (κ1) is 16.2. The van der Waals surface area contributed by atoms with Gasteiger partial charge in [-0.3, -0.25) is 9.78 Å². The van der Waals surface area contributed by atoms with Gasteiger partial charge in [-0.1, -0.05) is 18.2 Å². The van der Waals surface area contributed by atoms with Gasteiger partial charge >= 0.3 is 0 Å². The zero-order valence-electron chi connectivity index (χ0n) is 13.2. The first-order valence-electron chi connectivity index (χ1n) is 7.79. The lowest BCUT2D eigenvalue weighted by molar-refractivity contribution is -0.116. The van der Waals surface area contributed by atoms with Gasteiger partial charge in [0.25, 0.3) is 0 Å². The fourth-order valence-corrected chi connectivity index (χ4v) is 2.49. The molecule has 2 aromatic heterocycles. The first-order chi connectivity index (χ1) is 11.8. The van der Waals surface area contributed by atoms with Gasteiger partial charge in [-0.05, 0) is 18.2 Å². The van der Waals surface area contributed by atoms with E-state index in [4.69, 9.17) is 9.84 Å². The summed E-state index contributed by atoms with van der Waals surface area (Å²) in [6.07, 6.45) is 4.91. The van der Waals surface area contributed by atoms with Crippen LogP contribution in [0.4, 0.5) is 0 Å². The Bertz CT molecular complexity index is 870. The van der Waals surface area contributed by atoms with Crippen LogP contribution in [0.5, 0.6) is 0 Å². The van der Waals surface area contributed by atoms with Crippen molar-refractivity contribution in [3.8, 4) is 0 Å². The minimum Gasteiger partial charge on any atom is -0.394 e. The molecule has 0 fully saturated rings. The number of aliphatic hydroxyl groups excluding tert-OH is 1. The Kier molecular flexibility index (Phi) is 5.20. The molecule has 3 N–H and O–H groups in total. The molecule has 0 saturated heterocycles. The second-order valence-electron chi connectivity index (χ2n) is 5.29. The molecule has 0 aliphatic heterocycles. The van der Waals surface area contributed by atoms with Gasteiger partial charge in [0.15, 0.2) is 0 Å². The van der Waals surface area contributed by atoms with E-state index in [1.54, 1.807) is 12.3 Å². The fraction of sp³-hybridized carbons (Fsp3) is 0.222. The number of aliphatic hydroxyl groups is 1. The number of nitrogens with one attached hydrogen (secondary N) is 2. The Hall–Kier alpha value is -2.70. The Balaban J connectivity index is 1.66. The van der Waals surface area contributed by atoms with Crippen LogP contribution in [-0.4, -0.2) is 47.3 Å². The van der Waals surface area contributed by atoms with Crippen molar-refractivity contribution in [3.63, 3.8) is 0 Å². The monoisotopic (exact) mass is 325 g/mol. The summed E-state index contributed by atoms with van der Waals surface area (Å²) < 4.78 is 5.07. The minimum atomic E-state index is -0.205. The summed E-state index contributed by atoms with van der Waals surface area (Å²) >= 11 is 0. The van der Waals surface area contributed by atoms with Crippen molar-refractivity contribution in [3.05, 3.63) is 48.3 Å². The molecule has 6 nitrogen and oxygen atoms in total. The molecule has 0 aliphatic rings. The minimum absolute atomic E-state index is 0.0180. The van der Waals surface area contributed by atoms with Gasteiger partial charge in [-0.25, -0.2) is 0 Å². The number of pyridine rings is 1. The summed E-state index contributed by atoms with van der Waals surface area (Å²) in [6, 6.07) is 10.0. The second kappa shape index (κ2) is 7.72. The van der Waals surface area contributed by atoms with Crippen molar-refractivity contribution in [1.82, 2.24) is 15.3 Å². The maximum absolute atomic E-state index is 11.7. The molecule has 2 heterocycles. The molecule has 1 aromatic carbocycles. The standard InChI is InChI=1S/C18H19N3O3/c22-8-10-24-9-7-19-18(23)6-5-13-11-15-14-3-1-2-4-16(14)21-17(15)12-20-13/h1-6,11-12,21-22H,7-10H2,(H,19,23)/b6-5+. The number of hydrogen-bond acceptors (Lipinski definition) is 4. The number of aromatic nitrogens is 2. The highest BCUT2D eigenvalue weighted by Gasteiger charge is 2.04. The van der Waals surface area contributed by atoms with Crippen LogP contribution in [0.1, 0.15) is 5.69 Å². The molecule has 24 heavy (non-hydrogen) atoms. The number of fused-ring (bicyclic) bond motifs is 3. The highest BCUT2D eigenvalue weighted by Crippen LogP contribution is 2.25. The molecule has 0 atom stereocenters. The van der Waals surface area contributed by atoms with Gasteiger partial charge < -0.3 is 20.1 Å². The molecule has 0 bridgehead atoms. The summed E-state index contributed by atoms with van der Waals surface area (Å²) in [5.74, 6) is -0.205. The van der Waals surface area contributed by atoms with E-state index in [-0.39, 0.29) is 19.1 Å². The third-order valence-electron chi connectivity index (χ3n) is 3.60. The number of amides is 1. The molecule has 3 rings (SSSR count). The van der Waals surface area contributed by atoms with Gasteiger partial charge in [0.05, 0.1) is 37.2 Å². The molecule has 0 unspecified atom stereocenters. The normalized spacial score (nSPS) is 11.5. The zero-order chi connectivity index (χ0) is 16.8. The summed E-state index contributed by atoms with van der Waals surface area (Å²) in [5.41, 5.74) is 2.76. The van der Waals surface area contributed by atoms with Crippen LogP contribution in [0, 0.1) is 0 Å². The summed E-state index contributed by atoms with van der Waals surface area (Å²) in [5, 5.41) is 13.5. The highest BCUT2D eigenvalue weighted by atomic mass is 16.5. The summed E-state index contributed by atoms with van der Waals surface area (Å²) in [4.78, 5) is 19.4. The SMILES string of the molecule is O=C(/C=C/c1cc2c(cn1)[nH]c1ccccc12)NCCOCCO. The Morgan fingerprint density at radius 1 is 1.25 bits per heavy atom. The lowest BCUT2D eigenvalue weighted by atomic mass is 10.1. The number of benzene rings is 1. The largest absolute Gasteiger partial charge is 0.394 e. The Morgan fingerprint density at radius 3 is 3.00 bits per heavy atom. The number of hydrogen-bond donors (Lipinski definition) is 3. The number of para-hydroxylation sites is 1. The van der Waals surface area contributed by atoms with E-state index in [1.165, 1.54) is 6.08 Å². The predicted molar refractivity (Wildman–Crippen MR) is 93.5 cm³/mol. The number of carbonyl (C=O) groups excluding carboxylic acids is 1. The zero-order valence-corrected chi connectivity index (χ0v) is 13.2. The predicted octanol–water partition coefficient (Wildman–Crippen LogP) is 1.85. The maximum atomic E-state index is 11.7. The third-order valence-corrected chi connectivity index (χ3v) is 3.60. The van der Waals surface area contributed by atoms with Crippen LogP contribution in [0.2, 0.25) is 0 Å². The van der Waals surface area contributed by atoms with E-state index in [9.17, 15) is 4.79 Å². The van der Waals surface area contributed by atoms with E-state index in [0.717, 1.165) is 27.5 Å². The topological polar surface area (TPSA) is 87.2 Å². The summed E-state index contributed by atoms with van der Waals surface area (Å²) in [6.45, 7) is 1.04. The van der Waals surface area contributed by atoms with Crippen molar-refractivity contribution in [1.29, 1.82) is 0 Å². The van der Waals surface area contributed by atoms with E-state index < -0.39 is 0 Å². The van der Waals surface area contributed by atoms with E-state index >= 15 is 0 Å². The number of rotatable bonds is 7. The summed E-state index contributed by atoms with van der Waals surface area (Å²) in [7, 11) is 0. The number of nitrogens with zero attached hydrogens (tertiary/aromatic N) is 1. The fourth-order valence-electron chi connectivity index (χ4n) is 2.49. The van der Waals surface area contributed by atoms with Gasteiger partial charge in [0.1, 0.15) is 0 Å².